The number of rotatable bonds is 8. The average Bonchev–Trinajstić information content (AvgIpc) is 2.03. The predicted octanol–water partition coefficient (Wildman–Crippen LogP) is 1.75. The van der Waals surface area contributed by atoms with Crippen LogP contribution in [0.1, 0.15) is 19.3 Å². The Morgan fingerprint density at radius 2 is 1.64 bits per heavy atom. The lowest BCUT2D eigenvalue weighted by Crippen LogP contribution is -1.99. The SMILES string of the molecule is COCCCCOCCCS. The maximum Gasteiger partial charge on any atom is 0.0473 e. The zero-order valence-corrected chi connectivity index (χ0v) is 8.11. The molecular weight excluding hydrogens is 160 g/mol. The van der Waals surface area contributed by atoms with Crippen molar-refractivity contribution in [2.75, 3.05) is 32.7 Å². The fourth-order valence-electron chi connectivity index (χ4n) is 0.719. The van der Waals surface area contributed by atoms with Crippen LogP contribution in [0.5, 0.6) is 0 Å². The number of hydrogen-bond donors (Lipinski definition) is 1. The molecule has 0 amide bonds. The van der Waals surface area contributed by atoms with Gasteiger partial charge in [-0.05, 0) is 25.0 Å². The van der Waals surface area contributed by atoms with Crippen molar-refractivity contribution in [1.29, 1.82) is 0 Å². The van der Waals surface area contributed by atoms with Crippen LogP contribution in [0.25, 0.3) is 0 Å². The van der Waals surface area contributed by atoms with Gasteiger partial charge in [0.25, 0.3) is 0 Å². The van der Waals surface area contributed by atoms with Crippen molar-refractivity contribution < 1.29 is 9.47 Å². The average molecular weight is 178 g/mol. The Morgan fingerprint density at radius 1 is 1.00 bits per heavy atom. The topological polar surface area (TPSA) is 18.5 Å². The summed E-state index contributed by atoms with van der Waals surface area (Å²) in [6, 6.07) is 0. The number of thiol groups is 1. The van der Waals surface area contributed by atoms with Crippen LogP contribution in [-0.4, -0.2) is 32.7 Å². The first-order valence-electron chi connectivity index (χ1n) is 4.09. The molecule has 0 radical (unpaired) electrons. The van der Waals surface area contributed by atoms with Crippen molar-refractivity contribution in [1.82, 2.24) is 0 Å². The first-order valence-corrected chi connectivity index (χ1v) is 4.72. The first kappa shape index (κ1) is 11.3. The van der Waals surface area contributed by atoms with Crippen LogP contribution in [0.3, 0.4) is 0 Å². The molecule has 0 heterocycles. The Kier molecular flexibility index (Phi) is 10.5. The Morgan fingerprint density at radius 3 is 2.27 bits per heavy atom. The maximum absolute atomic E-state index is 5.32. The van der Waals surface area contributed by atoms with E-state index in [4.69, 9.17) is 9.47 Å². The fraction of sp³-hybridized carbons (Fsp3) is 1.00. The molecule has 0 aromatic carbocycles. The molecule has 0 bridgehead atoms. The van der Waals surface area contributed by atoms with Gasteiger partial charge < -0.3 is 9.47 Å². The van der Waals surface area contributed by atoms with E-state index in [0.29, 0.717) is 0 Å². The number of hydrogen-bond acceptors (Lipinski definition) is 3. The lowest BCUT2D eigenvalue weighted by atomic mass is 10.3. The molecular formula is C8H18O2S. The molecule has 11 heavy (non-hydrogen) atoms. The quantitative estimate of drug-likeness (QED) is 0.451. The Bertz CT molecular complexity index is 61.1. The summed E-state index contributed by atoms with van der Waals surface area (Å²) in [5.74, 6) is 0.915. The van der Waals surface area contributed by atoms with Crippen molar-refractivity contribution in [3.63, 3.8) is 0 Å². The molecule has 0 saturated heterocycles. The van der Waals surface area contributed by atoms with Gasteiger partial charge in [0.1, 0.15) is 0 Å². The monoisotopic (exact) mass is 178 g/mol. The second kappa shape index (κ2) is 10.3. The van der Waals surface area contributed by atoms with Gasteiger partial charge in [-0.15, -0.1) is 0 Å². The van der Waals surface area contributed by atoms with E-state index in [1.807, 2.05) is 0 Å². The standard InChI is InChI=1S/C8H18O2S/c1-9-5-2-3-6-10-7-4-8-11/h11H,2-8H2,1H3. The highest BCUT2D eigenvalue weighted by molar-refractivity contribution is 7.80. The third-order valence-electron chi connectivity index (χ3n) is 1.33. The van der Waals surface area contributed by atoms with Crippen molar-refractivity contribution in [2.45, 2.75) is 19.3 Å². The van der Waals surface area contributed by atoms with E-state index < -0.39 is 0 Å². The molecule has 2 nitrogen and oxygen atoms in total. The van der Waals surface area contributed by atoms with E-state index in [1.54, 1.807) is 7.11 Å². The molecule has 0 aromatic rings. The van der Waals surface area contributed by atoms with Crippen molar-refractivity contribution in [2.24, 2.45) is 0 Å². The van der Waals surface area contributed by atoms with Crippen LogP contribution in [0, 0.1) is 0 Å². The number of ether oxygens (including phenoxy) is 2. The molecule has 0 saturated carbocycles. The van der Waals surface area contributed by atoms with E-state index in [9.17, 15) is 0 Å². The van der Waals surface area contributed by atoms with Crippen LogP contribution in [0.2, 0.25) is 0 Å². The zero-order valence-electron chi connectivity index (χ0n) is 7.21. The van der Waals surface area contributed by atoms with Crippen LogP contribution >= 0.6 is 12.6 Å². The van der Waals surface area contributed by atoms with Crippen LogP contribution < -0.4 is 0 Å². The Hall–Kier alpha value is 0.270. The summed E-state index contributed by atoms with van der Waals surface area (Å²) in [5, 5.41) is 0. The van der Waals surface area contributed by atoms with E-state index in [0.717, 1.165) is 44.8 Å². The summed E-state index contributed by atoms with van der Waals surface area (Å²) in [6.07, 6.45) is 3.24. The van der Waals surface area contributed by atoms with Gasteiger partial charge in [0, 0.05) is 26.9 Å². The van der Waals surface area contributed by atoms with Gasteiger partial charge in [-0.1, -0.05) is 0 Å². The normalized spacial score (nSPS) is 10.4. The van der Waals surface area contributed by atoms with E-state index in [2.05, 4.69) is 12.6 Å². The molecule has 0 aliphatic carbocycles. The zero-order chi connectivity index (χ0) is 8.36. The van der Waals surface area contributed by atoms with E-state index >= 15 is 0 Å². The molecule has 68 valence electrons. The Labute approximate surface area is 74.7 Å². The largest absolute Gasteiger partial charge is 0.385 e. The molecule has 3 heteroatoms. The number of unbranched alkanes of at least 4 members (excludes halogenated alkanes) is 1. The van der Waals surface area contributed by atoms with Gasteiger partial charge in [0.05, 0.1) is 0 Å². The second-order valence-corrected chi connectivity index (χ2v) is 2.84. The highest BCUT2D eigenvalue weighted by Crippen LogP contribution is 1.92. The minimum atomic E-state index is 0.843. The molecule has 0 rings (SSSR count). The van der Waals surface area contributed by atoms with Gasteiger partial charge in [-0.25, -0.2) is 0 Å². The third-order valence-corrected chi connectivity index (χ3v) is 1.65. The molecule has 0 N–H and O–H groups in total. The maximum atomic E-state index is 5.32. The van der Waals surface area contributed by atoms with Crippen LogP contribution in [-0.2, 0) is 9.47 Å². The Balaban J connectivity index is 2.69. The van der Waals surface area contributed by atoms with Gasteiger partial charge in [-0.3, -0.25) is 0 Å². The van der Waals surface area contributed by atoms with Crippen molar-refractivity contribution in [3.8, 4) is 0 Å². The van der Waals surface area contributed by atoms with Crippen molar-refractivity contribution >= 4 is 12.6 Å². The summed E-state index contributed by atoms with van der Waals surface area (Å²) in [6.45, 7) is 2.55. The number of methoxy groups -OCH3 is 1. The summed E-state index contributed by atoms with van der Waals surface area (Å²) in [4.78, 5) is 0. The highest BCUT2D eigenvalue weighted by atomic mass is 32.1. The molecule has 0 aliphatic heterocycles. The third kappa shape index (κ3) is 10.3. The molecule has 0 unspecified atom stereocenters. The van der Waals surface area contributed by atoms with Crippen molar-refractivity contribution in [3.05, 3.63) is 0 Å². The lowest BCUT2D eigenvalue weighted by Gasteiger charge is -2.01. The minimum absolute atomic E-state index is 0.843. The molecule has 0 atom stereocenters. The van der Waals surface area contributed by atoms with E-state index in [-0.39, 0.29) is 0 Å². The highest BCUT2D eigenvalue weighted by Gasteiger charge is 1.88. The second-order valence-electron chi connectivity index (χ2n) is 2.39. The molecule has 0 spiro atoms. The van der Waals surface area contributed by atoms with Gasteiger partial charge >= 0.3 is 0 Å². The minimum Gasteiger partial charge on any atom is -0.385 e. The van der Waals surface area contributed by atoms with Crippen LogP contribution in [0.15, 0.2) is 0 Å². The molecule has 0 aliphatic rings. The van der Waals surface area contributed by atoms with Gasteiger partial charge in [-0.2, -0.15) is 12.6 Å². The van der Waals surface area contributed by atoms with Gasteiger partial charge in [0.2, 0.25) is 0 Å². The lowest BCUT2D eigenvalue weighted by molar-refractivity contribution is 0.120. The summed E-state index contributed by atoms with van der Waals surface area (Å²) in [7, 11) is 1.72. The van der Waals surface area contributed by atoms with Crippen LogP contribution in [0.4, 0.5) is 0 Å². The predicted molar refractivity (Wildman–Crippen MR) is 50.4 cm³/mol. The van der Waals surface area contributed by atoms with Gasteiger partial charge in [0.15, 0.2) is 0 Å². The smallest absolute Gasteiger partial charge is 0.0473 e. The van der Waals surface area contributed by atoms with E-state index in [1.165, 1.54) is 0 Å². The first-order chi connectivity index (χ1) is 5.41. The molecule has 0 fully saturated rings. The summed E-state index contributed by atoms with van der Waals surface area (Å²) < 4.78 is 10.2. The fourth-order valence-corrected chi connectivity index (χ4v) is 0.848. The summed E-state index contributed by atoms with van der Waals surface area (Å²) in [5.41, 5.74) is 0. The molecule has 0 aromatic heterocycles. The summed E-state index contributed by atoms with van der Waals surface area (Å²) >= 11 is 4.08.